The van der Waals surface area contributed by atoms with E-state index in [2.05, 4.69) is 34.6 Å². The summed E-state index contributed by atoms with van der Waals surface area (Å²) in [5.41, 5.74) is 0.388. The van der Waals surface area contributed by atoms with E-state index < -0.39 is 17.6 Å². The highest BCUT2D eigenvalue weighted by Crippen LogP contribution is 2.17. The van der Waals surface area contributed by atoms with Crippen LogP contribution in [0.4, 0.5) is 10.1 Å². The standard InChI is InChI=1S/C17H22FN5O2/c1-11(2)4-5-12(3)21-16(24)17(25)22-13-6-7-15(14(18)8-13)23-10-19-9-20-23/h6-12H,4-5H2,1-3H3,(H,21,24)(H,22,25)/t12-/m0/s1. The molecule has 0 aliphatic rings. The lowest BCUT2D eigenvalue weighted by Gasteiger charge is -2.15. The number of carbonyl (C=O) groups is 2. The topological polar surface area (TPSA) is 88.9 Å². The summed E-state index contributed by atoms with van der Waals surface area (Å²) in [6, 6.07) is 3.97. The fourth-order valence-corrected chi connectivity index (χ4v) is 2.24. The van der Waals surface area contributed by atoms with Gasteiger partial charge in [0.1, 0.15) is 18.3 Å². The smallest absolute Gasteiger partial charge is 0.313 e. The van der Waals surface area contributed by atoms with Crippen LogP contribution in [-0.2, 0) is 9.59 Å². The molecule has 2 aromatic rings. The Labute approximate surface area is 145 Å². The van der Waals surface area contributed by atoms with Crippen molar-refractivity contribution in [1.29, 1.82) is 0 Å². The van der Waals surface area contributed by atoms with Crippen LogP contribution in [0.2, 0.25) is 0 Å². The largest absolute Gasteiger partial charge is 0.345 e. The first-order valence-corrected chi connectivity index (χ1v) is 8.13. The van der Waals surface area contributed by atoms with Crippen molar-refractivity contribution in [1.82, 2.24) is 20.1 Å². The summed E-state index contributed by atoms with van der Waals surface area (Å²) in [4.78, 5) is 27.6. The number of hydrogen-bond donors (Lipinski definition) is 2. The molecule has 0 radical (unpaired) electrons. The van der Waals surface area contributed by atoms with E-state index in [9.17, 15) is 14.0 Å². The number of carbonyl (C=O) groups excluding carboxylic acids is 2. The Hall–Kier alpha value is -2.77. The minimum absolute atomic E-state index is 0.105. The molecule has 2 amide bonds. The number of nitrogens with one attached hydrogen (secondary N) is 2. The van der Waals surface area contributed by atoms with Gasteiger partial charge in [-0.3, -0.25) is 9.59 Å². The lowest BCUT2D eigenvalue weighted by atomic mass is 10.0. The Morgan fingerprint density at radius 1 is 1.20 bits per heavy atom. The molecule has 0 bridgehead atoms. The first-order chi connectivity index (χ1) is 11.9. The maximum atomic E-state index is 14.1. The van der Waals surface area contributed by atoms with Crippen LogP contribution >= 0.6 is 0 Å². The van der Waals surface area contributed by atoms with Crippen LogP contribution in [0.3, 0.4) is 0 Å². The number of benzene rings is 1. The molecule has 2 rings (SSSR count). The van der Waals surface area contributed by atoms with Crippen molar-refractivity contribution in [3.05, 3.63) is 36.7 Å². The third-order valence-corrected chi connectivity index (χ3v) is 3.63. The van der Waals surface area contributed by atoms with Crippen LogP contribution in [-0.4, -0.2) is 32.6 Å². The minimum atomic E-state index is -0.829. The first kappa shape index (κ1) is 18.6. The number of anilines is 1. The first-order valence-electron chi connectivity index (χ1n) is 8.13. The Bertz CT molecular complexity index is 731. The summed E-state index contributed by atoms with van der Waals surface area (Å²) in [6.07, 6.45) is 4.40. The molecule has 0 fully saturated rings. The second kappa shape index (κ2) is 8.36. The molecule has 0 aliphatic heterocycles. The average molecular weight is 347 g/mol. The number of amides is 2. The van der Waals surface area contributed by atoms with Gasteiger partial charge in [0.25, 0.3) is 0 Å². The van der Waals surface area contributed by atoms with E-state index in [1.165, 1.54) is 29.5 Å². The second-order valence-electron chi connectivity index (χ2n) is 6.31. The van der Waals surface area contributed by atoms with E-state index in [0.29, 0.717) is 5.92 Å². The molecule has 134 valence electrons. The van der Waals surface area contributed by atoms with Gasteiger partial charge in [0.2, 0.25) is 0 Å². The molecule has 0 saturated carbocycles. The minimum Gasteiger partial charge on any atom is -0.345 e. The van der Waals surface area contributed by atoms with Crippen molar-refractivity contribution >= 4 is 17.5 Å². The summed E-state index contributed by atoms with van der Waals surface area (Å²) in [5, 5.41) is 8.87. The normalized spacial score (nSPS) is 12.0. The molecule has 1 aromatic heterocycles. The molecule has 0 spiro atoms. The van der Waals surface area contributed by atoms with Crippen LogP contribution in [0.15, 0.2) is 30.9 Å². The highest BCUT2D eigenvalue weighted by Gasteiger charge is 2.17. The molecular formula is C17H22FN5O2. The molecule has 0 saturated heterocycles. The van der Waals surface area contributed by atoms with Gasteiger partial charge in [-0.2, -0.15) is 5.10 Å². The van der Waals surface area contributed by atoms with Crippen LogP contribution in [0.25, 0.3) is 5.69 Å². The number of aromatic nitrogens is 3. The number of halogens is 1. The summed E-state index contributed by atoms with van der Waals surface area (Å²) in [7, 11) is 0. The van der Waals surface area contributed by atoms with Crippen LogP contribution in [0.5, 0.6) is 0 Å². The molecule has 0 unspecified atom stereocenters. The van der Waals surface area contributed by atoms with Gasteiger partial charge >= 0.3 is 11.8 Å². The van der Waals surface area contributed by atoms with Gasteiger partial charge in [-0.05, 0) is 43.9 Å². The van der Waals surface area contributed by atoms with Crippen molar-refractivity contribution in [2.24, 2.45) is 5.92 Å². The van der Waals surface area contributed by atoms with E-state index in [-0.39, 0.29) is 17.4 Å². The SMILES string of the molecule is CC(C)CC[C@H](C)NC(=O)C(=O)Nc1ccc(-n2cncn2)c(F)c1. The van der Waals surface area contributed by atoms with Crippen LogP contribution in [0.1, 0.15) is 33.6 Å². The zero-order valence-electron chi connectivity index (χ0n) is 14.5. The summed E-state index contributed by atoms with van der Waals surface area (Å²) in [6.45, 7) is 6.04. The Kier molecular flexibility index (Phi) is 6.21. The third-order valence-electron chi connectivity index (χ3n) is 3.63. The van der Waals surface area contributed by atoms with E-state index in [1.54, 1.807) is 0 Å². The van der Waals surface area contributed by atoms with Crippen molar-refractivity contribution in [2.75, 3.05) is 5.32 Å². The molecule has 7 nitrogen and oxygen atoms in total. The van der Waals surface area contributed by atoms with Crippen LogP contribution < -0.4 is 10.6 Å². The van der Waals surface area contributed by atoms with Gasteiger partial charge in [-0.1, -0.05) is 13.8 Å². The molecule has 1 atom stereocenters. The molecule has 1 heterocycles. The van der Waals surface area contributed by atoms with Gasteiger partial charge in [-0.15, -0.1) is 0 Å². The number of nitrogens with zero attached hydrogens (tertiary/aromatic N) is 3. The predicted molar refractivity (Wildman–Crippen MR) is 91.6 cm³/mol. The lowest BCUT2D eigenvalue weighted by Crippen LogP contribution is -2.40. The summed E-state index contributed by atoms with van der Waals surface area (Å²) in [5.74, 6) is -1.63. The van der Waals surface area contributed by atoms with Crippen molar-refractivity contribution < 1.29 is 14.0 Å². The fraction of sp³-hybridized carbons (Fsp3) is 0.412. The van der Waals surface area contributed by atoms with Gasteiger partial charge in [0.05, 0.1) is 0 Å². The number of hydrogen-bond acceptors (Lipinski definition) is 4. The highest BCUT2D eigenvalue weighted by molar-refractivity contribution is 6.39. The van der Waals surface area contributed by atoms with E-state index in [4.69, 9.17) is 0 Å². The van der Waals surface area contributed by atoms with Crippen molar-refractivity contribution in [3.63, 3.8) is 0 Å². The van der Waals surface area contributed by atoms with Gasteiger partial charge < -0.3 is 10.6 Å². The van der Waals surface area contributed by atoms with E-state index in [0.717, 1.165) is 18.9 Å². The molecule has 25 heavy (non-hydrogen) atoms. The van der Waals surface area contributed by atoms with Crippen molar-refractivity contribution in [3.8, 4) is 5.69 Å². The Morgan fingerprint density at radius 3 is 2.56 bits per heavy atom. The quantitative estimate of drug-likeness (QED) is 0.785. The molecule has 8 heteroatoms. The van der Waals surface area contributed by atoms with E-state index in [1.807, 2.05) is 6.92 Å². The molecule has 0 aliphatic carbocycles. The fourth-order valence-electron chi connectivity index (χ4n) is 2.24. The average Bonchev–Trinajstić information content (AvgIpc) is 3.07. The summed E-state index contributed by atoms with van der Waals surface area (Å²) >= 11 is 0. The number of rotatable bonds is 6. The lowest BCUT2D eigenvalue weighted by molar-refractivity contribution is -0.136. The monoisotopic (exact) mass is 347 g/mol. The molecular weight excluding hydrogens is 325 g/mol. The summed E-state index contributed by atoms with van der Waals surface area (Å²) < 4.78 is 15.4. The van der Waals surface area contributed by atoms with Gasteiger partial charge in [0, 0.05) is 11.7 Å². The Morgan fingerprint density at radius 2 is 1.96 bits per heavy atom. The van der Waals surface area contributed by atoms with Gasteiger partial charge in [-0.25, -0.2) is 14.1 Å². The second-order valence-corrected chi connectivity index (χ2v) is 6.31. The molecule has 2 N–H and O–H groups in total. The maximum absolute atomic E-state index is 14.1. The van der Waals surface area contributed by atoms with Gasteiger partial charge in [0.15, 0.2) is 5.82 Å². The Balaban J connectivity index is 1.94. The zero-order valence-corrected chi connectivity index (χ0v) is 14.5. The zero-order chi connectivity index (χ0) is 18.4. The molecule has 1 aromatic carbocycles. The van der Waals surface area contributed by atoms with Crippen LogP contribution in [0, 0.1) is 11.7 Å². The highest BCUT2D eigenvalue weighted by atomic mass is 19.1. The van der Waals surface area contributed by atoms with E-state index >= 15 is 0 Å². The predicted octanol–water partition coefficient (Wildman–Crippen LogP) is 2.29. The van der Waals surface area contributed by atoms with Crippen molar-refractivity contribution in [2.45, 2.75) is 39.7 Å². The maximum Gasteiger partial charge on any atom is 0.313 e. The third kappa shape index (κ3) is 5.37.